The van der Waals surface area contributed by atoms with Gasteiger partial charge in [0.15, 0.2) is 0 Å². The van der Waals surface area contributed by atoms with Crippen molar-refractivity contribution in [3.05, 3.63) is 102 Å². The fourth-order valence-electron chi connectivity index (χ4n) is 3.92. The number of pyridine rings is 1. The smallest absolute Gasteiger partial charge is 0.405 e. The zero-order chi connectivity index (χ0) is 31.0. The lowest BCUT2D eigenvalue weighted by atomic mass is 10.1. The molecule has 1 heterocycles. The van der Waals surface area contributed by atoms with Crippen LogP contribution in [0.5, 0.6) is 5.75 Å². The zero-order valence-electron chi connectivity index (χ0n) is 22.8. The summed E-state index contributed by atoms with van der Waals surface area (Å²) in [7, 11) is 1.34. The Morgan fingerprint density at radius 2 is 1.63 bits per heavy atom. The average Bonchev–Trinajstić information content (AvgIpc) is 2.97. The molecule has 0 aliphatic rings. The predicted molar refractivity (Wildman–Crippen MR) is 153 cm³/mol. The number of anilines is 2. The van der Waals surface area contributed by atoms with Crippen molar-refractivity contribution in [1.82, 2.24) is 5.32 Å². The molecular weight excluding hydrogens is 568 g/mol. The van der Waals surface area contributed by atoms with E-state index in [0.29, 0.717) is 22.8 Å². The van der Waals surface area contributed by atoms with Crippen molar-refractivity contribution < 1.29 is 36.9 Å². The molecule has 0 saturated heterocycles. The third kappa shape index (κ3) is 9.01. The number of hydrogen-bond donors (Lipinski definition) is 4. The van der Waals surface area contributed by atoms with Crippen LogP contribution in [-0.4, -0.2) is 37.6 Å². The number of carbonyl (C=O) groups is 2. The number of nitrogens with zero attached hydrogens (tertiary/aromatic N) is 1. The summed E-state index contributed by atoms with van der Waals surface area (Å²) in [5.41, 5.74) is 9.38. The van der Waals surface area contributed by atoms with Crippen molar-refractivity contribution in [2.24, 2.45) is 10.7 Å². The van der Waals surface area contributed by atoms with Crippen molar-refractivity contribution >= 4 is 35.0 Å². The van der Waals surface area contributed by atoms with E-state index in [9.17, 15) is 27.2 Å². The largest absolute Gasteiger partial charge is 0.495 e. The van der Waals surface area contributed by atoms with Crippen LogP contribution in [0.3, 0.4) is 0 Å². The van der Waals surface area contributed by atoms with Crippen LogP contribution >= 0.6 is 0 Å². The number of aliphatic imine (C=N–C) groups is 1. The summed E-state index contributed by atoms with van der Waals surface area (Å²) in [6.07, 6.45) is -2.68. The molecule has 0 spiro atoms. The van der Waals surface area contributed by atoms with E-state index in [1.165, 1.54) is 37.4 Å². The van der Waals surface area contributed by atoms with Gasteiger partial charge in [-0.3, -0.25) is 9.59 Å². The number of alkyl halides is 3. The van der Waals surface area contributed by atoms with E-state index in [0.717, 1.165) is 11.1 Å². The highest BCUT2D eigenvalue weighted by molar-refractivity contribution is 5.98. The highest BCUT2D eigenvalue weighted by Crippen LogP contribution is 2.26. The van der Waals surface area contributed by atoms with Crippen molar-refractivity contribution in [3.63, 3.8) is 0 Å². The highest BCUT2D eigenvalue weighted by atomic mass is 19.4. The van der Waals surface area contributed by atoms with Gasteiger partial charge in [-0.2, -0.15) is 13.2 Å². The van der Waals surface area contributed by atoms with E-state index in [1.54, 1.807) is 41.8 Å². The Bertz CT molecular complexity index is 1610. The van der Waals surface area contributed by atoms with E-state index in [-0.39, 0.29) is 35.4 Å². The Hall–Kier alpha value is -5.46. The second kappa shape index (κ2) is 13.5. The number of H-pyrrole nitrogens is 1. The number of nitrogens with two attached hydrogens (primary N) is 1. The first kappa shape index (κ1) is 30.5. The maximum atomic E-state index is 13.1. The minimum absolute atomic E-state index is 0.0164. The molecule has 0 unspecified atom stereocenters. The number of guanidine groups is 1. The molecule has 6 N–H and O–H groups in total. The molecule has 0 bridgehead atoms. The maximum Gasteiger partial charge on any atom is 0.405 e. The maximum absolute atomic E-state index is 13.1. The van der Waals surface area contributed by atoms with Gasteiger partial charge in [0.05, 0.1) is 25.4 Å². The van der Waals surface area contributed by atoms with Gasteiger partial charge in [0, 0.05) is 22.9 Å². The molecule has 0 aliphatic heterocycles. The van der Waals surface area contributed by atoms with Gasteiger partial charge in [-0.05, 0) is 64.7 Å². The molecule has 4 aromatic rings. The van der Waals surface area contributed by atoms with Gasteiger partial charge >= 0.3 is 18.0 Å². The first-order valence-electron chi connectivity index (χ1n) is 12.8. The first-order valence-corrected chi connectivity index (χ1v) is 12.8. The summed E-state index contributed by atoms with van der Waals surface area (Å²) in [4.78, 5) is 31.6. The zero-order valence-corrected chi connectivity index (χ0v) is 22.8. The molecule has 0 saturated carbocycles. The summed E-state index contributed by atoms with van der Waals surface area (Å²) in [6, 6.07) is 20.5. The molecule has 13 heteroatoms. The fraction of sp³-hybridized carbons (Fsp3) is 0.133. The van der Waals surface area contributed by atoms with Gasteiger partial charge in [0.25, 0.3) is 5.91 Å². The summed E-state index contributed by atoms with van der Waals surface area (Å²) in [5, 5.41) is 7.45. The Morgan fingerprint density at radius 3 is 2.26 bits per heavy atom. The molecule has 3 aromatic carbocycles. The molecule has 0 aliphatic carbocycles. The molecule has 43 heavy (non-hydrogen) atoms. The quantitative estimate of drug-likeness (QED) is 0.125. The molecular formula is C30H27F4N6O3+. The third-order valence-electron chi connectivity index (χ3n) is 5.99. The normalized spacial score (nSPS) is 11.5. The number of nitrogens with one attached hydrogen (secondary N) is 4. The van der Waals surface area contributed by atoms with Gasteiger partial charge in [0.2, 0.25) is 5.91 Å². The number of aromatic amines is 1. The number of amides is 2. The first-order chi connectivity index (χ1) is 20.5. The van der Waals surface area contributed by atoms with Crippen LogP contribution in [-0.2, 0) is 11.2 Å². The second-order valence-electron chi connectivity index (χ2n) is 9.23. The van der Waals surface area contributed by atoms with Gasteiger partial charge in [-0.25, -0.2) is 9.37 Å². The number of halogens is 4. The van der Waals surface area contributed by atoms with Crippen LogP contribution in [0, 0.1) is 5.82 Å². The van der Waals surface area contributed by atoms with Gasteiger partial charge in [0.1, 0.15) is 18.1 Å². The summed E-state index contributed by atoms with van der Waals surface area (Å²) in [5.74, 6) is -0.910. The highest BCUT2D eigenvalue weighted by Gasteiger charge is 2.28. The van der Waals surface area contributed by atoms with Crippen molar-refractivity contribution in [2.75, 3.05) is 24.3 Å². The molecule has 0 radical (unpaired) electrons. The van der Waals surface area contributed by atoms with Gasteiger partial charge < -0.3 is 26.4 Å². The van der Waals surface area contributed by atoms with Crippen LogP contribution < -0.4 is 31.4 Å². The third-order valence-corrected chi connectivity index (χ3v) is 5.99. The monoisotopic (exact) mass is 595 g/mol. The number of benzene rings is 3. The molecule has 222 valence electrons. The molecule has 0 fully saturated rings. The SMILES string of the molecule is COc1cc(C(=O)NCC(F)(F)F)ccc1NC(N)=Nc1ccc(-c2ccc(NC(=O)Cc3ccc(F)cc3)cc2)c[nH+]1. The molecule has 4 rings (SSSR count). The fourth-order valence-corrected chi connectivity index (χ4v) is 3.92. The lowest BCUT2D eigenvalue weighted by Gasteiger charge is -2.12. The van der Waals surface area contributed by atoms with Crippen molar-refractivity contribution in [2.45, 2.75) is 12.6 Å². The van der Waals surface area contributed by atoms with Crippen molar-refractivity contribution in [3.8, 4) is 16.9 Å². The Kier molecular flexibility index (Phi) is 9.55. The molecule has 1 aromatic heterocycles. The van der Waals surface area contributed by atoms with E-state index in [2.05, 4.69) is 20.6 Å². The molecule has 2 amide bonds. The number of rotatable bonds is 9. The average molecular weight is 596 g/mol. The number of aromatic nitrogens is 1. The van der Waals surface area contributed by atoms with Crippen LogP contribution in [0.2, 0.25) is 0 Å². The van der Waals surface area contributed by atoms with E-state index in [4.69, 9.17) is 10.5 Å². The molecule has 0 atom stereocenters. The van der Waals surface area contributed by atoms with E-state index < -0.39 is 18.6 Å². The molecule has 9 nitrogen and oxygen atoms in total. The van der Waals surface area contributed by atoms with Gasteiger partial charge in [-0.1, -0.05) is 24.3 Å². The minimum Gasteiger partial charge on any atom is -0.495 e. The summed E-state index contributed by atoms with van der Waals surface area (Å²) in [6.45, 7) is -1.45. The van der Waals surface area contributed by atoms with E-state index in [1.807, 2.05) is 18.2 Å². The predicted octanol–water partition coefficient (Wildman–Crippen LogP) is 4.85. The van der Waals surface area contributed by atoms with E-state index >= 15 is 0 Å². The Labute approximate surface area is 243 Å². The second-order valence-corrected chi connectivity index (χ2v) is 9.23. The van der Waals surface area contributed by atoms with Crippen LogP contribution in [0.1, 0.15) is 15.9 Å². The van der Waals surface area contributed by atoms with Crippen LogP contribution in [0.15, 0.2) is 90.1 Å². The summed E-state index contributed by atoms with van der Waals surface area (Å²) >= 11 is 0. The van der Waals surface area contributed by atoms with Crippen molar-refractivity contribution in [1.29, 1.82) is 0 Å². The number of methoxy groups -OCH3 is 1. The van der Waals surface area contributed by atoms with Crippen LogP contribution in [0.25, 0.3) is 11.1 Å². The van der Waals surface area contributed by atoms with Crippen LogP contribution in [0.4, 0.5) is 34.8 Å². The number of carbonyl (C=O) groups excluding carboxylic acids is 2. The van der Waals surface area contributed by atoms with Gasteiger partial charge in [-0.15, -0.1) is 0 Å². The standard InChI is InChI=1S/C30H26F4N6O3/c1-43-25-15-20(28(42)37-17-30(32,33)34)6-12-24(25)39-29(35)40-26-13-7-21(16-36-26)19-4-10-23(11-5-19)38-27(41)14-18-2-8-22(31)9-3-18/h2-13,15-16H,14,17H2,1H3,(H,37,42)(H,38,41)(H3,35,36,39,40)/p+1. The lowest BCUT2D eigenvalue weighted by molar-refractivity contribution is -0.361. The topological polar surface area (TPSA) is 132 Å². The minimum atomic E-state index is -4.53. The number of hydrogen-bond acceptors (Lipinski definition) is 4. The summed E-state index contributed by atoms with van der Waals surface area (Å²) < 4.78 is 55.5. The Balaban J connectivity index is 1.35. The Morgan fingerprint density at radius 1 is 0.930 bits per heavy atom. The number of ether oxygens (including phenoxy) is 1. The lowest BCUT2D eigenvalue weighted by Crippen LogP contribution is -2.33.